The van der Waals surface area contributed by atoms with Gasteiger partial charge < -0.3 is 11.1 Å². The Kier molecular flexibility index (Phi) is 4.48. The lowest BCUT2D eigenvalue weighted by molar-refractivity contribution is -0.122. The topological polar surface area (TPSA) is 55.1 Å². The second-order valence-corrected chi connectivity index (χ2v) is 4.23. The van der Waals surface area contributed by atoms with Crippen LogP contribution in [-0.2, 0) is 11.2 Å². The summed E-state index contributed by atoms with van der Waals surface area (Å²) < 4.78 is 13.0. The number of halogens is 2. The first-order valence-corrected chi connectivity index (χ1v) is 5.42. The molecule has 2 rings (SSSR count). The first-order chi connectivity index (χ1) is 7.58. The van der Waals surface area contributed by atoms with Crippen LogP contribution in [0.4, 0.5) is 4.39 Å². The third-order valence-corrected chi connectivity index (χ3v) is 2.91. The molecule has 17 heavy (non-hydrogen) atoms. The van der Waals surface area contributed by atoms with Gasteiger partial charge in [-0.2, -0.15) is 0 Å². The van der Waals surface area contributed by atoms with E-state index in [1.54, 1.807) is 13.0 Å². The van der Waals surface area contributed by atoms with Crippen molar-refractivity contribution in [2.45, 2.75) is 31.8 Å². The lowest BCUT2D eigenvalue weighted by Crippen LogP contribution is -2.39. The van der Waals surface area contributed by atoms with Gasteiger partial charge in [-0.15, -0.1) is 12.4 Å². The number of amides is 1. The predicted octanol–water partition coefficient (Wildman–Crippen LogP) is 1.70. The minimum atomic E-state index is -0.510. The maximum atomic E-state index is 13.0. The second kappa shape index (κ2) is 5.47. The van der Waals surface area contributed by atoms with Crippen molar-refractivity contribution in [3.8, 4) is 0 Å². The van der Waals surface area contributed by atoms with Gasteiger partial charge >= 0.3 is 0 Å². The summed E-state index contributed by atoms with van der Waals surface area (Å²) in [5.74, 6) is -0.389. The van der Waals surface area contributed by atoms with E-state index in [1.807, 2.05) is 0 Å². The fourth-order valence-electron chi connectivity index (χ4n) is 2.04. The number of benzene rings is 1. The molecule has 1 aliphatic carbocycles. The number of hydrogen-bond donors (Lipinski definition) is 2. The summed E-state index contributed by atoms with van der Waals surface area (Å²) >= 11 is 0. The van der Waals surface area contributed by atoms with E-state index in [2.05, 4.69) is 5.32 Å². The molecule has 0 saturated heterocycles. The highest BCUT2D eigenvalue weighted by molar-refractivity contribution is 5.85. The number of nitrogens with two attached hydrogens (primary N) is 1. The van der Waals surface area contributed by atoms with E-state index in [4.69, 9.17) is 5.73 Å². The molecule has 0 radical (unpaired) electrons. The molecule has 1 aromatic carbocycles. The minimum Gasteiger partial charge on any atom is -0.348 e. The molecule has 2 atom stereocenters. The van der Waals surface area contributed by atoms with Crippen LogP contribution in [-0.4, -0.2) is 11.9 Å². The van der Waals surface area contributed by atoms with Gasteiger partial charge in [0, 0.05) is 0 Å². The van der Waals surface area contributed by atoms with E-state index in [9.17, 15) is 9.18 Å². The summed E-state index contributed by atoms with van der Waals surface area (Å²) in [4.78, 5) is 11.5. The number of fused-ring (bicyclic) bond motifs is 1. The van der Waals surface area contributed by atoms with E-state index in [-0.39, 0.29) is 30.2 Å². The van der Waals surface area contributed by atoms with Gasteiger partial charge in [0.15, 0.2) is 0 Å². The number of carbonyl (C=O) groups is 1. The van der Waals surface area contributed by atoms with Crippen LogP contribution >= 0.6 is 12.4 Å². The standard InChI is InChI=1S/C12H15FN2O.ClH/c1-7(14)12(16)15-11-5-2-8-6-9(13)3-4-10(8)11;/h3-4,6-7,11H,2,5,14H2,1H3,(H,15,16);1H/t7-,11?;/m0./s1. The Morgan fingerprint density at radius 2 is 2.29 bits per heavy atom. The largest absolute Gasteiger partial charge is 0.348 e. The molecule has 0 fully saturated rings. The summed E-state index contributed by atoms with van der Waals surface area (Å²) in [6, 6.07) is 4.17. The predicted molar refractivity (Wildman–Crippen MR) is 66.5 cm³/mol. The summed E-state index contributed by atoms with van der Waals surface area (Å²) in [7, 11) is 0. The molecule has 5 heteroatoms. The smallest absolute Gasteiger partial charge is 0.237 e. The lowest BCUT2D eigenvalue weighted by Gasteiger charge is -2.15. The SMILES string of the molecule is C[C@H](N)C(=O)NC1CCc2cc(F)ccc21.Cl. The Bertz CT molecular complexity index is 423. The van der Waals surface area contributed by atoms with Crippen LogP contribution in [0.1, 0.15) is 30.5 Å². The number of carbonyl (C=O) groups excluding carboxylic acids is 1. The van der Waals surface area contributed by atoms with Gasteiger partial charge in [-0.1, -0.05) is 6.07 Å². The number of rotatable bonds is 2. The van der Waals surface area contributed by atoms with Gasteiger partial charge in [0.25, 0.3) is 0 Å². The van der Waals surface area contributed by atoms with Gasteiger partial charge in [0.05, 0.1) is 12.1 Å². The van der Waals surface area contributed by atoms with E-state index in [1.165, 1.54) is 12.1 Å². The van der Waals surface area contributed by atoms with Crippen molar-refractivity contribution < 1.29 is 9.18 Å². The van der Waals surface area contributed by atoms with Crippen LogP contribution in [0.5, 0.6) is 0 Å². The fourth-order valence-corrected chi connectivity index (χ4v) is 2.04. The average molecular weight is 259 g/mol. The first-order valence-electron chi connectivity index (χ1n) is 5.42. The van der Waals surface area contributed by atoms with Gasteiger partial charge in [-0.05, 0) is 43.0 Å². The Balaban J connectivity index is 0.00000144. The summed E-state index contributed by atoms with van der Waals surface area (Å²) in [5, 5.41) is 2.87. The van der Waals surface area contributed by atoms with Crippen LogP contribution in [0.15, 0.2) is 18.2 Å². The van der Waals surface area contributed by atoms with Crippen LogP contribution in [0.25, 0.3) is 0 Å². The number of aryl methyl sites for hydroxylation is 1. The van der Waals surface area contributed by atoms with E-state index >= 15 is 0 Å². The molecule has 1 aromatic rings. The molecule has 0 bridgehead atoms. The molecule has 0 aliphatic heterocycles. The third-order valence-electron chi connectivity index (χ3n) is 2.91. The van der Waals surface area contributed by atoms with Crippen molar-refractivity contribution in [1.29, 1.82) is 0 Å². The van der Waals surface area contributed by atoms with Crippen LogP contribution in [0, 0.1) is 5.82 Å². The molecule has 3 nitrogen and oxygen atoms in total. The Hall–Kier alpha value is -1.13. The molecule has 0 aromatic heterocycles. The highest BCUT2D eigenvalue weighted by Crippen LogP contribution is 2.31. The fraction of sp³-hybridized carbons (Fsp3) is 0.417. The van der Waals surface area contributed by atoms with Gasteiger partial charge in [0.1, 0.15) is 5.82 Å². The summed E-state index contributed by atoms with van der Waals surface area (Å²) in [5.41, 5.74) is 7.48. The maximum Gasteiger partial charge on any atom is 0.237 e. The molecule has 1 unspecified atom stereocenters. The first kappa shape index (κ1) is 13.9. The Labute approximate surface area is 106 Å². The van der Waals surface area contributed by atoms with Crippen molar-refractivity contribution in [1.82, 2.24) is 5.32 Å². The number of nitrogens with one attached hydrogen (secondary N) is 1. The average Bonchev–Trinajstić information content (AvgIpc) is 2.60. The van der Waals surface area contributed by atoms with Gasteiger partial charge in [0.2, 0.25) is 5.91 Å². The van der Waals surface area contributed by atoms with Crippen LogP contribution < -0.4 is 11.1 Å². The molecular formula is C12H16ClFN2O. The van der Waals surface area contributed by atoms with E-state index in [0.29, 0.717) is 0 Å². The van der Waals surface area contributed by atoms with Crippen molar-refractivity contribution >= 4 is 18.3 Å². The Morgan fingerprint density at radius 3 is 2.94 bits per heavy atom. The lowest BCUT2D eigenvalue weighted by atomic mass is 10.1. The van der Waals surface area contributed by atoms with E-state index in [0.717, 1.165) is 24.0 Å². The highest BCUT2D eigenvalue weighted by atomic mass is 35.5. The van der Waals surface area contributed by atoms with Gasteiger partial charge in [-0.3, -0.25) is 4.79 Å². The molecule has 1 amide bonds. The van der Waals surface area contributed by atoms with E-state index < -0.39 is 6.04 Å². The Morgan fingerprint density at radius 1 is 1.59 bits per heavy atom. The molecule has 0 spiro atoms. The van der Waals surface area contributed by atoms with Crippen LogP contribution in [0.3, 0.4) is 0 Å². The van der Waals surface area contributed by atoms with Crippen molar-refractivity contribution in [3.63, 3.8) is 0 Å². The normalized spacial score (nSPS) is 19.1. The highest BCUT2D eigenvalue weighted by Gasteiger charge is 2.24. The maximum absolute atomic E-state index is 13.0. The number of hydrogen-bond acceptors (Lipinski definition) is 2. The van der Waals surface area contributed by atoms with Crippen molar-refractivity contribution in [2.75, 3.05) is 0 Å². The zero-order valence-corrected chi connectivity index (χ0v) is 10.4. The summed E-state index contributed by atoms with van der Waals surface area (Å²) in [6.45, 7) is 1.65. The zero-order valence-electron chi connectivity index (χ0n) is 9.57. The van der Waals surface area contributed by atoms with Gasteiger partial charge in [-0.25, -0.2) is 4.39 Å². The zero-order chi connectivity index (χ0) is 11.7. The third kappa shape index (κ3) is 2.96. The van der Waals surface area contributed by atoms with Crippen molar-refractivity contribution in [2.24, 2.45) is 5.73 Å². The molecule has 0 heterocycles. The minimum absolute atomic E-state index is 0. The molecule has 3 N–H and O–H groups in total. The molecule has 1 aliphatic rings. The van der Waals surface area contributed by atoms with Crippen LogP contribution in [0.2, 0.25) is 0 Å². The van der Waals surface area contributed by atoms with Crippen molar-refractivity contribution in [3.05, 3.63) is 35.1 Å². The molecule has 0 saturated carbocycles. The summed E-state index contributed by atoms with van der Waals surface area (Å²) in [6.07, 6.45) is 1.62. The molecule has 94 valence electrons. The second-order valence-electron chi connectivity index (χ2n) is 4.23. The molecular weight excluding hydrogens is 243 g/mol. The monoisotopic (exact) mass is 258 g/mol. The quantitative estimate of drug-likeness (QED) is 0.848.